The van der Waals surface area contributed by atoms with Gasteiger partial charge in [0.15, 0.2) is 0 Å². The van der Waals surface area contributed by atoms with Gasteiger partial charge >= 0.3 is 6.03 Å². The molecule has 0 radical (unpaired) electrons. The minimum atomic E-state index is -0.0965. The molecular weight excluding hydrogens is 240 g/mol. The van der Waals surface area contributed by atoms with Crippen LogP contribution in [0.2, 0.25) is 0 Å². The SMILES string of the molecule is CCCNC(=O)NCCc1ccc2c(c1)ncn2C. The maximum Gasteiger partial charge on any atom is 0.314 e. The van der Waals surface area contributed by atoms with Crippen molar-refractivity contribution in [1.29, 1.82) is 0 Å². The van der Waals surface area contributed by atoms with E-state index in [1.54, 1.807) is 0 Å². The van der Waals surface area contributed by atoms with Gasteiger partial charge in [-0.25, -0.2) is 9.78 Å². The van der Waals surface area contributed by atoms with Crippen LogP contribution < -0.4 is 10.6 Å². The Morgan fingerprint density at radius 1 is 1.32 bits per heavy atom. The first-order chi connectivity index (χ1) is 9.20. The highest BCUT2D eigenvalue weighted by molar-refractivity contribution is 5.76. The fourth-order valence-corrected chi connectivity index (χ4v) is 1.96. The predicted octanol–water partition coefficient (Wildman–Crippen LogP) is 1.82. The summed E-state index contributed by atoms with van der Waals surface area (Å²) in [5.41, 5.74) is 3.30. The van der Waals surface area contributed by atoms with E-state index in [4.69, 9.17) is 0 Å². The van der Waals surface area contributed by atoms with Crippen molar-refractivity contribution in [2.24, 2.45) is 7.05 Å². The number of rotatable bonds is 5. The number of imidazole rings is 1. The lowest BCUT2D eigenvalue weighted by molar-refractivity contribution is 0.241. The molecule has 2 rings (SSSR count). The number of aromatic nitrogens is 2. The number of amides is 2. The van der Waals surface area contributed by atoms with Gasteiger partial charge in [-0.3, -0.25) is 0 Å². The average molecular weight is 260 g/mol. The predicted molar refractivity (Wildman–Crippen MR) is 76.1 cm³/mol. The number of carbonyl (C=O) groups is 1. The molecule has 2 N–H and O–H groups in total. The monoisotopic (exact) mass is 260 g/mol. The number of hydrogen-bond acceptors (Lipinski definition) is 2. The van der Waals surface area contributed by atoms with Crippen LogP contribution in [0.1, 0.15) is 18.9 Å². The van der Waals surface area contributed by atoms with Gasteiger partial charge in [-0.15, -0.1) is 0 Å². The molecular formula is C14H20N4O. The number of nitrogens with zero attached hydrogens (tertiary/aromatic N) is 2. The van der Waals surface area contributed by atoms with Crippen molar-refractivity contribution >= 4 is 17.1 Å². The fraction of sp³-hybridized carbons (Fsp3) is 0.429. The van der Waals surface area contributed by atoms with E-state index in [9.17, 15) is 4.79 Å². The maximum absolute atomic E-state index is 11.4. The standard InChI is InChI=1S/C14H20N4O/c1-3-7-15-14(19)16-8-6-11-4-5-13-12(9-11)17-10-18(13)2/h4-5,9-10H,3,6-8H2,1-2H3,(H2,15,16,19). The molecule has 0 saturated carbocycles. The van der Waals surface area contributed by atoms with E-state index in [-0.39, 0.29) is 6.03 Å². The van der Waals surface area contributed by atoms with Gasteiger partial charge in [0.25, 0.3) is 0 Å². The molecule has 0 spiro atoms. The summed E-state index contributed by atoms with van der Waals surface area (Å²) < 4.78 is 2.00. The molecule has 0 fully saturated rings. The van der Waals surface area contributed by atoms with E-state index in [1.807, 2.05) is 24.9 Å². The topological polar surface area (TPSA) is 59.0 Å². The molecule has 0 aliphatic carbocycles. The van der Waals surface area contributed by atoms with Crippen molar-refractivity contribution in [2.45, 2.75) is 19.8 Å². The summed E-state index contributed by atoms with van der Waals surface area (Å²) in [6.07, 6.45) is 3.57. The molecule has 5 heteroatoms. The van der Waals surface area contributed by atoms with Crippen LogP contribution in [0.25, 0.3) is 11.0 Å². The van der Waals surface area contributed by atoms with Crippen molar-refractivity contribution < 1.29 is 4.79 Å². The quantitative estimate of drug-likeness (QED) is 0.861. The van der Waals surface area contributed by atoms with Crippen LogP contribution in [0.3, 0.4) is 0 Å². The Morgan fingerprint density at radius 2 is 2.11 bits per heavy atom. The number of urea groups is 1. The van der Waals surface area contributed by atoms with Crippen molar-refractivity contribution in [3.8, 4) is 0 Å². The van der Waals surface area contributed by atoms with Gasteiger partial charge in [-0.05, 0) is 30.5 Å². The van der Waals surface area contributed by atoms with Gasteiger partial charge < -0.3 is 15.2 Å². The molecule has 1 aromatic heterocycles. The van der Waals surface area contributed by atoms with Gasteiger partial charge in [0.1, 0.15) is 0 Å². The highest BCUT2D eigenvalue weighted by atomic mass is 16.2. The van der Waals surface area contributed by atoms with E-state index >= 15 is 0 Å². The van der Waals surface area contributed by atoms with Crippen LogP contribution >= 0.6 is 0 Å². The molecule has 1 aromatic carbocycles. The summed E-state index contributed by atoms with van der Waals surface area (Å²) in [6, 6.07) is 6.12. The molecule has 1 heterocycles. The lowest BCUT2D eigenvalue weighted by atomic mass is 10.1. The van der Waals surface area contributed by atoms with E-state index in [0.29, 0.717) is 13.1 Å². The van der Waals surface area contributed by atoms with Gasteiger partial charge in [-0.2, -0.15) is 0 Å². The molecule has 0 unspecified atom stereocenters. The van der Waals surface area contributed by atoms with Crippen molar-refractivity contribution in [3.05, 3.63) is 30.1 Å². The van der Waals surface area contributed by atoms with Crippen molar-refractivity contribution in [3.63, 3.8) is 0 Å². The second-order valence-corrected chi connectivity index (χ2v) is 4.61. The normalized spacial score (nSPS) is 10.6. The number of nitrogens with one attached hydrogen (secondary N) is 2. The van der Waals surface area contributed by atoms with Crippen LogP contribution in [0.4, 0.5) is 4.79 Å². The van der Waals surface area contributed by atoms with Crippen LogP contribution in [0.15, 0.2) is 24.5 Å². The highest BCUT2D eigenvalue weighted by Crippen LogP contribution is 2.13. The largest absolute Gasteiger partial charge is 0.338 e. The van der Waals surface area contributed by atoms with Crippen LogP contribution in [-0.4, -0.2) is 28.7 Å². The summed E-state index contributed by atoms with van der Waals surface area (Å²) in [5, 5.41) is 5.63. The first kappa shape index (κ1) is 13.4. The molecule has 0 bridgehead atoms. The van der Waals surface area contributed by atoms with Crippen LogP contribution in [-0.2, 0) is 13.5 Å². The van der Waals surface area contributed by atoms with Crippen molar-refractivity contribution in [2.75, 3.05) is 13.1 Å². The Morgan fingerprint density at radius 3 is 2.89 bits per heavy atom. The number of hydrogen-bond donors (Lipinski definition) is 2. The smallest absolute Gasteiger partial charge is 0.314 e. The van der Waals surface area contributed by atoms with Crippen LogP contribution in [0.5, 0.6) is 0 Å². The molecule has 0 atom stereocenters. The summed E-state index contributed by atoms with van der Waals surface area (Å²) in [6.45, 7) is 3.38. The zero-order chi connectivity index (χ0) is 13.7. The van der Waals surface area contributed by atoms with E-state index < -0.39 is 0 Å². The third-order valence-corrected chi connectivity index (χ3v) is 3.02. The second-order valence-electron chi connectivity index (χ2n) is 4.61. The zero-order valence-electron chi connectivity index (χ0n) is 11.4. The van der Waals surface area contributed by atoms with E-state index in [0.717, 1.165) is 23.9 Å². The summed E-state index contributed by atoms with van der Waals surface area (Å²) in [7, 11) is 1.98. The molecule has 2 aromatic rings. The number of carbonyl (C=O) groups excluding carboxylic acids is 1. The minimum Gasteiger partial charge on any atom is -0.338 e. The molecule has 2 amide bonds. The highest BCUT2D eigenvalue weighted by Gasteiger charge is 2.02. The summed E-state index contributed by atoms with van der Waals surface area (Å²) in [4.78, 5) is 15.7. The zero-order valence-corrected chi connectivity index (χ0v) is 11.4. The molecule has 19 heavy (non-hydrogen) atoms. The number of aryl methyl sites for hydroxylation is 1. The molecule has 0 aliphatic rings. The van der Waals surface area contributed by atoms with E-state index in [1.165, 1.54) is 5.56 Å². The average Bonchev–Trinajstić information content (AvgIpc) is 2.78. The molecule has 5 nitrogen and oxygen atoms in total. The lowest BCUT2D eigenvalue weighted by Crippen LogP contribution is -2.36. The van der Waals surface area contributed by atoms with Gasteiger partial charge in [-0.1, -0.05) is 13.0 Å². The first-order valence-electron chi connectivity index (χ1n) is 6.62. The first-order valence-corrected chi connectivity index (χ1v) is 6.62. The number of fused-ring (bicyclic) bond motifs is 1. The van der Waals surface area contributed by atoms with Crippen LogP contribution in [0, 0.1) is 0 Å². The van der Waals surface area contributed by atoms with Gasteiger partial charge in [0.2, 0.25) is 0 Å². The Hall–Kier alpha value is -2.04. The molecule has 102 valence electrons. The summed E-state index contributed by atoms with van der Waals surface area (Å²) in [5.74, 6) is 0. The van der Waals surface area contributed by atoms with Crippen molar-refractivity contribution in [1.82, 2.24) is 20.2 Å². The Labute approximate surface area is 113 Å². The third-order valence-electron chi connectivity index (χ3n) is 3.02. The number of benzene rings is 1. The van der Waals surface area contributed by atoms with E-state index in [2.05, 4.69) is 33.8 Å². The third kappa shape index (κ3) is 3.47. The minimum absolute atomic E-state index is 0.0965. The fourth-order valence-electron chi connectivity index (χ4n) is 1.96. The molecule has 0 aliphatic heterocycles. The Balaban J connectivity index is 1.86. The maximum atomic E-state index is 11.4. The molecule has 0 saturated heterocycles. The lowest BCUT2D eigenvalue weighted by Gasteiger charge is -2.06. The van der Waals surface area contributed by atoms with Gasteiger partial charge in [0, 0.05) is 20.1 Å². The summed E-state index contributed by atoms with van der Waals surface area (Å²) >= 11 is 0. The Kier molecular flexibility index (Phi) is 4.39. The van der Waals surface area contributed by atoms with Gasteiger partial charge in [0.05, 0.1) is 17.4 Å². The second kappa shape index (κ2) is 6.22. The Bertz CT molecular complexity index is 562.